The van der Waals surface area contributed by atoms with Crippen LogP contribution in [-0.4, -0.2) is 22.1 Å². The molecule has 1 aromatic rings. The van der Waals surface area contributed by atoms with Crippen LogP contribution >= 0.6 is 0 Å². The number of aromatic nitrogens is 2. The van der Waals surface area contributed by atoms with Crippen molar-refractivity contribution < 1.29 is 4.74 Å². The third-order valence-corrected chi connectivity index (χ3v) is 1.95. The van der Waals surface area contributed by atoms with E-state index in [2.05, 4.69) is 23.8 Å². The monoisotopic (exact) mass is 209 g/mol. The van der Waals surface area contributed by atoms with Gasteiger partial charge in [-0.15, -0.1) is 0 Å². The van der Waals surface area contributed by atoms with Gasteiger partial charge in [0.2, 0.25) is 0 Å². The van der Waals surface area contributed by atoms with Crippen molar-refractivity contribution in [3.8, 4) is 6.01 Å². The van der Waals surface area contributed by atoms with Crippen LogP contribution in [0.2, 0.25) is 0 Å². The standard InChI is InChI=1S/C11H19N3O/c1-9(2)7-11(3,12)8-15-10-13-5-4-6-14-10/h4-6,9H,7-8,12H2,1-3H3. The highest BCUT2D eigenvalue weighted by atomic mass is 16.5. The zero-order valence-electron chi connectivity index (χ0n) is 9.60. The number of ether oxygens (including phenoxy) is 1. The summed E-state index contributed by atoms with van der Waals surface area (Å²) in [5.74, 6) is 0.556. The van der Waals surface area contributed by atoms with Gasteiger partial charge in [-0.3, -0.25) is 0 Å². The largest absolute Gasteiger partial charge is 0.462 e. The lowest BCUT2D eigenvalue weighted by molar-refractivity contribution is 0.194. The van der Waals surface area contributed by atoms with E-state index < -0.39 is 0 Å². The molecule has 4 heteroatoms. The lowest BCUT2D eigenvalue weighted by Crippen LogP contribution is -2.43. The van der Waals surface area contributed by atoms with Gasteiger partial charge < -0.3 is 10.5 Å². The SMILES string of the molecule is CC(C)CC(C)(N)COc1ncccn1. The van der Waals surface area contributed by atoms with Crippen LogP contribution in [0.4, 0.5) is 0 Å². The van der Waals surface area contributed by atoms with Crippen LogP contribution < -0.4 is 10.5 Å². The van der Waals surface area contributed by atoms with E-state index in [1.54, 1.807) is 18.5 Å². The number of rotatable bonds is 5. The Morgan fingerprint density at radius 1 is 1.40 bits per heavy atom. The quantitative estimate of drug-likeness (QED) is 0.800. The average Bonchev–Trinajstić information content (AvgIpc) is 2.15. The maximum atomic E-state index is 6.08. The number of nitrogens with two attached hydrogens (primary N) is 1. The maximum absolute atomic E-state index is 6.08. The van der Waals surface area contributed by atoms with Crippen molar-refractivity contribution in [1.29, 1.82) is 0 Å². The molecular weight excluding hydrogens is 190 g/mol. The highest BCUT2D eigenvalue weighted by Gasteiger charge is 2.21. The molecule has 1 heterocycles. The molecule has 4 nitrogen and oxygen atoms in total. The minimum Gasteiger partial charge on any atom is -0.462 e. The van der Waals surface area contributed by atoms with Crippen molar-refractivity contribution in [2.75, 3.05) is 6.61 Å². The van der Waals surface area contributed by atoms with Gasteiger partial charge in [0.25, 0.3) is 0 Å². The summed E-state index contributed by atoms with van der Waals surface area (Å²) >= 11 is 0. The van der Waals surface area contributed by atoms with Gasteiger partial charge in [-0.25, -0.2) is 9.97 Å². The predicted octanol–water partition coefficient (Wildman–Crippen LogP) is 1.62. The zero-order chi connectivity index (χ0) is 11.3. The van der Waals surface area contributed by atoms with Gasteiger partial charge in [0, 0.05) is 17.9 Å². The summed E-state index contributed by atoms with van der Waals surface area (Å²) in [6, 6.07) is 2.14. The van der Waals surface area contributed by atoms with E-state index >= 15 is 0 Å². The van der Waals surface area contributed by atoms with Crippen LogP contribution in [0.3, 0.4) is 0 Å². The third kappa shape index (κ3) is 4.74. The predicted molar refractivity (Wildman–Crippen MR) is 59.6 cm³/mol. The molecule has 0 spiro atoms. The highest BCUT2D eigenvalue weighted by Crippen LogP contribution is 2.14. The topological polar surface area (TPSA) is 61.0 Å². The molecule has 15 heavy (non-hydrogen) atoms. The number of nitrogens with zero attached hydrogens (tertiary/aromatic N) is 2. The Hall–Kier alpha value is -1.16. The van der Waals surface area contributed by atoms with E-state index in [0.29, 0.717) is 18.5 Å². The van der Waals surface area contributed by atoms with Gasteiger partial charge in [0.1, 0.15) is 6.61 Å². The summed E-state index contributed by atoms with van der Waals surface area (Å²) in [5, 5.41) is 0. The molecule has 0 aliphatic carbocycles. The van der Waals surface area contributed by atoms with E-state index in [-0.39, 0.29) is 5.54 Å². The average molecular weight is 209 g/mol. The Labute approximate surface area is 90.9 Å². The first-order valence-corrected chi connectivity index (χ1v) is 5.18. The fourth-order valence-electron chi connectivity index (χ4n) is 1.58. The van der Waals surface area contributed by atoms with Gasteiger partial charge in [-0.1, -0.05) is 13.8 Å². The molecule has 0 saturated carbocycles. The first kappa shape index (κ1) is 11.9. The van der Waals surface area contributed by atoms with Crippen molar-refractivity contribution >= 4 is 0 Å². The fourth-order valence-corrected chi connectivity index (χ4v) is 1.58. The molecule has 0 saturated heterocycles. The highest BCUT2D eigenvalue weighted by molar-refractivity contribution is 4.94. The van der Waals surface area contributed by atoms with Gasteiger partial charge in [0.05, 0.1) is 0 Å². The van der Waals surface area contributed by atoms with Gasteiger partial charge in [0.15, 0.2) is 0 Å². The Morgan fingerprint density at radius 2 is 2.00 bits per heavy atom. The number of hydrogen-bond acceptors (Lipinski definition) is 4. The molecule has 0 aliphatic heterocycles. The van der Waals surface area contributed by atoms with Crippen molar-refractivity contribution in [1.82, 2.24) is 9.97 Å². The van der Waals surface area contributed by atoms with Crippen LogP contribution in [0.15, 0.2) is 18.5 Å². The van der Waals surface area contributed by atoms with Crippen molar-refractivity contribution in [2.45, 2.75) is 32.7 Å². The van der Waals surface area contributed by atoms with E-state index in [0.717, 1.165) is 6.42 Å². The van der Waals surface area contributed by atoms with Crippen molar-refractivity contribution in [2.24, 2.45) is 11.7 Å². The molecule has 1 atom stereocenters. The minimum atomic E-state index is -0.326. The molecule has 0 aromatic carbocycles. The summed E-state index contributed by atoms with van der Waals surface area (Å²) in [6.07, 6.45) is 4.22. The van der Waals surface area contributed by atoms with Crippen LogP contribution in [-0.2, 0) is 0 Å². The van der Waals surface area contributed by atoms with E-state index in [9.17, 15) is 0 Å². The molecule has 84 valence electrons. The number of hydrogen-bond donors (Lipinski definition) is 1. The summed E-state index contributed by atoms with van der Waals surface area (Å²) in [6.45, 7) is 6.71. The summed E-state index contributed by atoms with van der Waals surface area (Å²) in [4.78, 5) is 7.94. The molecule has 0 radical (unpaired) electrons. The molecule has 1 rings (SSSR count). The second-order valence-electron chi connectivity index (χ2n) is 4.57. The van der Waals surface area contributed by atoms with Crippen LogP contribution in [0.25, 0.3) is 0 Å². The van der Waals surface area contributed by atoms with Gasteiger partial charge in [-0.2, -0.15) is 0 Å². The molecule has 0 aliphatic rings. The molecule has 0 amide bonds. The molecular formula is C11H19N3O. The smallest absolute Gasteiger partial charge is 0.316 e. The Balaban J connectivity index is 2.42. The summed E-state index contributed by atoms with van der Waals surface area (Å²) in [7, 11) is 0. The molecule has 1 aromatic heterocycles. The lowest BCUT2D eigenvalue weighted by atomic mass is 9.93. The second kappa shape index (κ2) is 5.07. The fraction of sp³-hybridized carbons (Fsp3) is 0.636. The Morgan fingerprint density at radius 3 is 2.53 bits per heavy atom. The minimum absolute atomic E-state index is 0.326. The Bertz CT molecular complexity index is 285. The second-order valence-corrected chi connectivity index (χ2v) is 4.57. The van der Waals surface area contributed by atoms with Crippen molar-refractivity contribution in [3.05, 3.63) is 18.5 Å². The molecule has 0 fully saturated rings. The van der Waals surface area contributed by atoms with E-state index in [1.165, 1.54) is 0 Å². The zero-order valence-corrected chi connectivity index (χ0v) is 9.60. The van der Waals surface area contributed by atoms with Crippen molar-refractivity contribution in [3.63, 3.8) is 0 Å². The van der Waals surface area contributed by atoms with Gasteiger partial charge >= 0.3 is 6.01 Å². The summed E-state index contributed by atoms with van der Waals surface area (Å²) < 4.78 is 5.42. The van der Waals surface area contributed by atoms with Crippen LogP contribution in [0.5, 0.6) is 6.01 Å². The third-order valence-electron chi connectivity index (χ3n) is 1.95. The normalized spacial score (nSPS) is 15.0. The van der Waals surface area contributed by atoms with Gasteiger partial charge in [-0.05, 0) is 25.3 Å². The first-order valence-electron chi connectivity index (χ1n) is 5.18. The first-order chi connectivity index (χ1) is 6.99. The van der Waals surface area contributed by atoms with E-state index in [4.69, 9.17) is 10.5 Å². The maximum Gasteiger partial charge on any atom is 0.316 e. The Kier molecular flexibility index (Phi) is 4.03. The summed E-state index contributed by atoms with van der Waals surface area (Å²) in [5.41, 5.74) is 5.76. The molecule has 2 N–H and O–H groups in total. The lowest BCUT2D eigenvalue weighted by Gasteiger charge is -2.25. The van der Waals surface area contributed by atoms with Crippen LogP contribution in [0.1, 0.15) is 27.2 Å². The molecule has 1 unspecified atom stereocenters. The van der Waals surface area contributed by atoms with Crippen LogP contribution in [0, 0.1) is 5.92 Å². The van der Waals surface area contributed by atoms with E-state index in [1.807, 2.05) is 6.92 Å². The molecule has 0 bridgehead atoms.